The molecule has 1 nitrogen and oxygen atoms in total. The van der Waals surface area contributed by atoms with Crippen LogP contribution in [0.5, 0.6) is 0 Å². The van der Waals surface area contributed by atoms with Gasteiger partial charge in [-0.3, -0.25) is 0 Å². The van der Waals surface area contributed by atoms with Crippen molar-refractivity contribution in [3.63, 3.8) is 0 Å². The molecule has 0 saturated heterocycles. The molecule has 0 atom stereocenters. The van der Waals surface area contributed by atoms with Crippen LogP contribution < -0.4 is 5.32 Å². The fourth-order valence-corrected chi connectivity index (χ4v) is 4.24. The standard InChI is InChI=1S/C16H23NS2/c1-4-16(5-2,18-3)12-17-10-13-11-19-15-9-7-6-8-14(13)15/h6-9,11,17H,4-5,10,12H2,1-3H3. The number of rotatable bonds is 7. The molecule has 0 radical (unpaired) electrons. The van der Waals surface area contributed by atoms with E-state index in [4.69, 9.17) is 0 Å². The van der Waals surface area contributed by atoms with Crippen molar-refractivity contribution in [3.8, 4) is 0 Å². The van der Waals surface area contributed by atoms with E-state index in [-0.39, 0.29) is 0 Å². The summed E-state index contributed by atoms with van der Waals surface area (Å²) in [7, 11) is 0. The lowest BCUT2D eigenvalue weighted by atomic mass is 10.0. The minimum absolute atomic E-state index is 0.395. The minimum atomic E-state index is 0.395. The van der Waals surface area contributed by atoms with E-state index in [1.54, 1.807) is 0 Å². The van der Waals surface area contributed by atoms with Crippen LogP contribution in [0.4, 0.5) is 0 Å². The first kappa shape index (κ1) is 14.9. The summed E-state index contributed by atoms with van der Waals surface area (Å²) in [5, 5.41) is 7.35. The minimum Gasteiger partial charge on any atom is -0.311 e. The van der Waals surface area contributed by atoms with Gasteiger partial charge in [-0.15, -0.1) is 11.3 Å². The van der Waals surface area contributed by atoms with E-state index in [1.807, 2.05) is 23.1 Å². The molecule has 0 bridgehead atoms. The Kier molecular flexibility index (Phi) is 5.31. The molecule has 0 unspecified atom stereocenters. The average Bonchev–Trinajstić information content (AvgIpc) is 2.88. The molecule has 1 aromatic heterocycles. The van der Waals surface area contributed by atoms with E-state index in [9.17, 15) is 0 Å². The molecule has 0 aliphatic heterocycles. The van der Waals surface area contributed by atoms with Gasteiger partial charge < -0.3 is 5.32 Å². The molecular formula is C16H23NS2. The molecular weight excluding hydrogens is 270 g/mol. The van der Waals surface area contributed by atoms with Gasteiger partial charge in [-0.05, 0) is 41.5 Å². The Morgan fingerprint density at radius 2 is 1.95 bits per heavy atom. The molecule has 1 aromatic carbocycles. The van der Waals surface area contributed by atoms with Crippen LogP contribution in [-0.4, -0.2) is 17.5 Å². The number of nitrogens with one attached hydrogen (secondary N) is 1. The first-order valence-electron chi connectivity index (χ1n) is 6.95. The quantitative estimate of drug-likeness (QED) is 0.778. The number of fused-ring (bicyclic) bond motifs is 1. The van der Waals surface area contributed by atoms with Crippen LogP contribution in [0.25, 0.3) is 10.1 Å². The van der Waals surface area contributed by atoms with E-state index in [2.05, 4.69) is 55.1 Å². The van der Waals surface area contributed by atoms with E-state index >= 15 is 0 Å². The molecule has 0 spiro atoms. The predicted octanol–water partition coefficient (Wildman–Crippen LogP) is 4.91. The highest BCUT2D eigenvalue weighted by atomic mass is 32.2. The van der Waals surface area contributed by atoms with Crippen molar-refractivity contribution in [2.45, 2.75) is 38.0 Å². The van der Waals surface area contributed by atoms with Gasteiger partial charge in [0, 0.05) is 22.5 Å². The van der Waals surface area contributed by atoms with Crippen LogP contribution >= 0.6 is 23.1 Å². The fourth-order valence-electron chi connectivity index (χ4n) is 2.46. The van der Waals surface area contributed by atoms with Crippen molar-refractivity contribution in [1.82, 2.24) is 5.32 Å². The number of hydrogen-bond acceptors (Lipinski definition) is 3. The SMILES string of the molecule is CCC(CC)(CNCc1csc2ccccc12)SC. The van der Waals surface area contributed by atoms with Crippen molar-refractivity contribution in [2.24, 2.45) is 0 Å². The lowest BCUT2D eigenvalue weighted by Gasteiger charge is -2.30. The molecule has 0 aliphatic rings. The van der Waals surface area contributed by atoms with Crippen molar-refractivity contribution in [3.05, 3.63) is 35.2 Å². The molecule has 104 valence electrons. The third kappa shape index (κ3) is 3.33. The van der Waals surface area contributed by atoms with Gasteiger partial charge >= 0.3 is 0 Å². The van der Waals surface area contributed by atoms with Gasteiger partial charge in [0.2, 0.25) is 0 Å². The summed E-state index contributed by atoms with van der Waals surface area (Å²) in [6.45, 7) is 6.65. The Hall–Kier alpha value is -0.510. The van der Waals surface area contributed by atoms with Gasteiger partial charge in [0.05, 0.1) is 0 Å². The van der Waals surface area contributed by atoms with E-state index in [1.165, 1.54) is 28.5 Å². The Morgan fingerprint density at radius 1 is 1.21 bits per heavy atom. The highest BCUT2D eigenvalue weighted by Gasteiger charge is 2.24. The lowest BCUT2D eigenvalue weighted by Crippen LogP contribution is -2.36. The zero-order valence-corrected chi connectivity index (χ0v) is 13.7. The summed E-state index contributed by atoms with van der Waals surface area (Å²) < 4.78 is 1.78. The summed E-state index contributed by atoms with van der Waals surface area (Å²) >= 11 is 3.84. The average molecular weight is 294 g/mol. The third-order valence-corrected chi connectivity index (χ3v) is 6.65. The molecule has 0 fully saturated rings. The van der Waals surface area contributed by atoms with E-state index in [0.29, 0.717) is 4.75 Å². The van der Waals surface area contributed by atoms with Crippen molar-refractivity contribution in [2.75, 3.05) is 12.8 Å². The van der Waals surface area contributed by atoms with Crippen molar-refractivity contribution < 1.29 is 0 Å². The molecule has 2 aromatic rings. The monoisotopic (exact) mass is 293 g/mol. The molecule has 1 N–H and O–H groups in total. The van der Waals surface area contributed by atoms with Crippen molar-refractivity contribution in [1.29, 1.82) is 0 Å². The van der Waals surface area contributed by atoms with Gasteiger partial charge in [-0.2, -0.15) is 11.8 Å². The van der Waals surface area contributed by atoms with Gasteiger partial charge in [-0.25, -0.2) is 0 Å². The zero-order valence-electron chi connectivity index (χ0n) is 12.0. The second-order valence-electron chi connectivity index (χ2n) is 4.95. The number of thioether (sulfide) groups is 1. The van der Waals surface area contributed by atoms with E-state index in [0.717, 1.165) is 13.1 Å². The van der Waals surface area contributed by atoms with Crippen LogP contribution in [0, 0.1) is 0 Å². The highest BCUT2D eigenvalue weighted by Crippen LogP contribution is 2.30. The predicted molar refractivity (Wildman–Crippen MR) is 90.4 cm³/mol. The largest absolute Gasteiger partial charge is 0.311 e. The smallest absolute Gasteiger partial charge is 0.0346 e. The van der Waals surface area contributed by atoms with Crippen LogP contribution in [0.2, 0.25) is 0 Å². The second kappa shape index (κ2) is 6.78. The second-order valence-corrected chi connectivity index (χ2v) is 7.14. The first-order chi connectivity index (χ1) is 9.24. The molecule has 19 heavy (non-hydrogen) atoms. The maximum Gasteiger partial charge on any atom is 0.0346 e. The summed E-state index contributed by atoms with van der Waals surface area (Å²) in [6.07, 6.45) is 4.68. The van der Waals surface area contributed by atoms with Crippen molar-refractivity contribution >= 4 is 33.2 Å². The van der Waals surface area contributed by atoms with Crippen LogP contribution in [0.15, 0.2) is 29.6 Å². The number of benzene rings is 1. The van der Waals surface area contributed by atoms with Gasteiger partial charge in [0.25, 0.3) is 0 Å². The van der Waals surface area contributed by atoms with Crippen LogP contribution in [0.3, 0.4) is 0 Å². The van der Waals surface area contributed by atoms with Gasteiger partial charge in [0.1, 0.15) is 0 Å². The molecule has 0 aliphatic carbocycles. The summed E-state index contributed by atoms with van der Waals surface area (Å²) in [6, 6.07) is 8.67. The molecule has 0 saturated carbocycles. The number of hydrogen-bond donors (Lipinski definition) is 1. The highest BCUT2D eigenvalue weighted by molar-refractivity contribution is 8.00. The molecule has 2 rings (SSSR count). The summed E-state index contributed by atoms with van der Waals surface area (Å²) in [5.74, 6) is 0. The fraction of sp³-hybridized carbons (Fsp3) is 0.500. The summed E-state index contributed by atoms with van der Waals surface area (Å²) in [4.78, 5) is 0. The molecule has 0 amide bonds. The third-order valence-electron chi connectivity index (χ3n) is 4.05. The maximum atomic E-state index is 3.66. The lowest BCUT2D eigenvalue weighted by molar-refractivity contribution is 0.496. The topological polar surface area (TPSA) is 12.0 Å². The molecule has 1 heterocycles. The molecule has 3 heteroatoms. The number of thiophene rings is 1. The van der Waals surface area contributed by atoms with Gasteiger partial charge in [-0.1, -0.05) is 32.0 Å². The maximum absolute atomic E-state index is 3.66. The van der Waals surface area contributed by atoms with E-state index < -0.39 is 0 Å². The Bertz CT molecular complexity index is 506. The van der Waals surface area contributed by atoms with Crippen LogP contribution in [-0.2, 0) is 6.54 Å². The Morgan fingerprint density at radius 3 is 2.63 bits per heavy atom. The zero-order chi connectivity index (χ0) is 13.7. The normalized spacial score (nSPS) is 12.2. The first-order valence-corrected chi connectivity index (χ1v) is 9.06. The Labute approximate surface area is 124 Å². The summed E-state index contributed by atoms with van der Waals surface area (Å²) in [5.41, 5.74) is 1.43. The Balaban J connectivity index is 1.99. The van der Waals surface area contributed by atoms with Gasteiger partial charge in [0.15, 0.2) is 0 Å². The van der Waals surface area contributed by atoms with Crippen LogP contribution in [0.1, 0.15) is 32.3 Å².